The molecule has 5 aliphatic heterocycles. The summed E-state index contributed by atoms with van der Waals surface area (Å²) in [5.41, 5.74) is -1.25. The number of aliphatic hydroxyl groups excluding tert-OH is 15. The molecule has 5 saturated heterocycles. The summed E-state index contributed by atoms with van der Waals surface area (Å²) in [5.74, 6) is 0. The minimum Gasteiger partial charge on any atom is -0.394 e. The molecular weight excluding hydrogens is 932 g/mol. The minimum atomic E-state index is -2.13. The fraction of sp³-hybridized carbons (Fsp3) is 0.953. The van der Waals surface area contributed by atoms with E-state index < -0.39 is 198 Å². The van der Waals surface area contributed by atoms with Crippen LogP contribution in [0.2, 0.25) is 0 Å². The fourth-order valence-corrected chi connectivity index (χ4v) is 8.87. The number of rotatable bonds is 23. The summed E-state index contributed by atoms with van der Waals surface area (Å²) in [7, 11) is 0. The van der Waals surface area contributed by atoms with Crippen molar-refractivity contribution in [3.05, 3.63) is 12.7 Å². The van der Waals surface area contributed by atoms with Crippen molar-refractivity contribution < 1.29 is 129 Å². The Morgan fingerprint density at radius 1 is 0.478 bits per heavy atom. The Morgan fingerprint density at radius 3 is 1.30 bits per heavy atom. The van der Waals surface area contributed by atoms with E-state index in [1.54, 1.807) is 33.8 Å². The van der Waals surface area contributed by atoms with E-state index in [0.717, 1.165) is 12.8 Å². The molecule has 0 amide bonds. The van der Waals surface area contributed by atoms with Gasteiger partial charge in [0.2, 0.25) is 0 Å². The second-order valence-corrected chi connectivity index (χ2v) is 18.5. The van der Waals surface area contributed by atoms with Gasteiger partial charge in [0.25, 0.3) is 0 Å². The zero-order chi connectivity index (χ0) is 51.1. The van der Waals surface area contributed by atoms with E-state index in [0.29, 0.717) is 12.8 Å². The molecule has 0 aromatic carbocycles. The lowest BCUT2D eigenvalue weighted by atomic mass is 9.86. The largest absolute Gasteiger partial charge is 0.394 e. The third-order valence-electron chi connectivity index (χ3n) is 13.3. The quantitative estimate of drug-likeness (QED) is 0.0334. The first-order valence-corrected chi connectivity index (χ1v) is 23.4. The number of hydrogen-bond acceptors (Lipinski definition) is 26. The molecule has 0 aromatic heterocycles. The van der Waals surface area contributed by atoms with Crippen LogP contribution in [0.3, 0.4) is 0 Å². The molecule has 0 radical (unpaired) electrons. The van der Waals surface area contributed by atoms with Gasteiger partial charge in [0.15, 0.2) is 25.2 Å². The molecule has 0 saturated carbocycles. The summed E-state index contributed by atoms with van der Waals surface area (Å²) in [5, 5.41) is 164. The van der Waals surface area contributed by atoms with Crippen molar-refractivity contribution in [3.63, 3.8) is 0 Å². The third-order valence-corrected chi connectivity index (χ3v) is 13.3. The van der Waals surface area contributed by atoms with Gasteiger partial charge in [-0.1, -0.05) is 13.0 Å². The van der Waals surface area contributed by atoms with E-state index in [2.05, 4.69) is 6.58 Å². The van der Waals surface area contributed by atoms with E-state index in [1.807, 2.05) is 0 Å². The zero-order valence-electron chi connectivity index (χ0n) is 39.1. The van der Waals surface area contributed by atoms with Gasteiger partial charge in [-0.15, -0.1) is 6.58 Å². The van der Waals surface area contributed by atoms with Crippen LogP contribution in [0.5, 0.6) is 0 Å². The molecule has 5 rings (SSSR count). The summed E-state index contributed by atoms with van der Waals surface area (Å²) >= 11 is 0. The van der Waals surface area contributed by atoms with Gasteiger partial charge in [0, 0.05) is 6.61 Å². The summed E-state index contributed by atoms with van der Waals surface area (Å²) in [6, 6.07) is 0. The van der Waals surface area contributed by atoms with Crippen molar-refractivity contribution in [1.82, 2.24) is 0 Å². The molecule has 5 heterocycles. The van der Waals surface area contributed by atoms with Crippen molar-refractivity contribution in [2.75, 3.05) is 39.6 Å². The third kappa shape index (κ3) is 13.3. The normalized spacial score (nSPS) is 46.1. The lowest BCUT2D eigenvalue weighted by Crippen LogP contribution is -2.69. The lowest BCUT2D eigenvalue weighted by molar-refractivity contribution is -0.407. The predicted molar refractivity (Wildman–Crippen MR) is 227 cm³/mol. The van der Waals surface area contributed by atoms with Gasteiger partial charge < -0.3 is 129 Å². The number of ether oxygens (including phenoxy) is 11. The highest BCUT2D eigenvalue weighted by Crippen LogP contribution is 2.38. The molecular formula is C43H76O26. The molecule has 16 unspecified atom stereocenters. The average molecular weight is 1010 g/mol. The van der Waals surface area contributed by atoms with Crippen LogP contribution in [0.1, 0.15) is 53.4 Å². The Balaban J connectivity index is 1.43. The Bertz CT molecular complexity index is 1520. The van der Waals surface area contributed by atoms with Crippen molar-refractivity contribution >= 4 is 0 Å². The van der Waals surface area contributed by atoms with Crippen LogP contribution in [0, 0.1) is 0 Å². The number of unbranched alkanes of at least 4 members (excludes halogenated alkanes) is 2. The molecule has 0 aromatic rings. The maximum atomic E-state index is 11.8. The number of hydrogen-bond donors (Lipinski definition) is 15. The molecule has 0 spiro atoms. The van der Waals surface area contributed by atoms with Gasteiger partial charge in [-0.25, -0.2) is 0 Å². The van der Waals surface area contributed by atoms with Gasteiger partial charge in [0.05, 0.1) is 44.7 Å². The second kappa shape index (κ2) is 26.3. The highest BCUT2D eigenvalue weighted by molar-refractivity contribution is 5.02. The van der Waals surface area contributed by atoms with E-state index in [-0.39, 0.29) is 6.61 Å². The lowest BCUT2D eigenvalue weighted by Gasteiger charge is -2.51. The highest BCUT2D eigenvalue weighted by Gasteiger charge is 2.58. The molecule has 26 nitrogen and oxygen atoms in total. The van der Waals surface area contributed by atoms with Crippen LogP contribution in [-0.2, 0) is 52.1 Å². The highest BCUT2D eigenvalue weighted by atomic mass is 16.8. The smallest absolute Gasteiger partial charge is 0.187 e. The summed E-state index contributed by atoms with van der Waals surface area (Å²) < 4.78 is 65.1. The van der Waals surface area contributed by atoms with Crippen molar-refractivity contribution in [2.24, 2.45) is 0 Å². The maximum Gasteiger partial charge on any atom is 0.187 e. The molecule has 26 heteroatoms. The number of allylic oxidation sites excluding steroid dienone is 1. The summed E-state index contributed by atoms with van der Waals surface area (Å²) in [4.78, 5) is 0. The van der Waals surface area contributed by atoms with Gasteiger partial charge in [0.1, 0.15) is 128 Å². The Labute approximate surface area is 399 Å². The molecule has 5 fully saturated rings. The van der Waals surface area contributed by atoms with Gasteiger partial charge in [-0.2, -0.15) is 0 Å². The summed E-state index contributed by atoms with van der Waals surface area (Å²) in [6.45, 7) is 6.17. The Hall–Kier alpha value is -1.30. The molecule has 0 bridgehead atoms. The van der Waals surface area contributed by atoms with Crippen molar-refractivity contribution in [1.29, 1.82) is 0 Å². The monoisotopic (exact) mass is 1010 g/mol. The van der Waals surface area contributed by atoms with Gasteiger partial charge in [-0.05, 0) is 46.5 Å². The van der Waals surface area contributed by atoms with E-state index >= 15 is 0 Å². The van der Waals surface area contributed by atoms with E-state index in [9.17, 15) is 76.6 Å². The van der Waals surface area contributed by atoms with Crippen LogP contribution in [0.4, 0.5) is 0 Å². The SMILES string of the molecule is C=CCCCCOC(C)(C)[C@H]1OC(CO)[C@@H](O)C(O[C@H]2OC(CO)[C@@H](O)C(O[C@H]3OC(CO)[C@@H](O)C(O)C3O[C@H]3OC(CO)[C@@H](O)C(O)C3O[C@H]3OC(CO)[C@@H](O)C(O)C3OC(C)CC)C2O)C1O. The van der Waals surface area contributed by atoms with E-state index in [4.69, 9.17) is 52.1 Å². The first-order valence-electron chi connectivity index (χ1n) is 23.4. The van der Waals surface area contributed by atoms with E-state index in [1.165, 1.54) is 0 Å². The van der Waals surface area contributed by atoms with Crippen LogP contribution in [0.15, 0.2) is 12.7 Å². The van der Waals surface area contributed by atoms with Crippen molar-refractivity contribution in [2.45, 2.75) is 218 Å². The second-order valence-electron chi connectivity index (χ2n) is 18.5. The topological polar surface area (TPSA) is 405 Å². The van der Waals surface area contributed by atoms with Crippen molar-refractivity contribution in [3.8, 4) is 0 Å². The molecule has 15 N–H and O–H groups in total. The Morgan fingerprint density at radius 2 is 0.855 bits per heavy atom. The molecule has 404 valence electrons. The standard InChI is InChI=1S/C43H76O26/c1-6-8-9-10-11-59-43(4,5)38-31(57)33(26(52)21(15-47)61-38)66-39-32(58)34(27(53)22(16-48)62-39)67-41-36(29(55)24(50)19(13-45)64-41)69-42-37(30(56)25(51)20(14-46)65-42)68-40-35(60-17(3)7-2)28(54)23(49)18(12-44)63-40/h6,17-42,44-58H,1,7-16H2,2-5H3/t17?,18?,19?,20?,21?,22?,23-,24-,25-,26-,27-,28?,29?,30?,31?,32?,33?,34?,35?,36?,37?,38+,39-,40-,41-,42-/m1/s1. The van der Waals surface area contributed by atoms with Crippen LogP contribution in [-0.4, -0.2) is 281 Å². The van der Waals surface area contributed by atoms with Gasteiger partial charge in [-0.3, -0.25) is 0 Å². The maximum absolute atomic E-state index is 11.8. The molecule has 69 heavy (non-hydrogen) atoms. The Kier molecular flexibility index (Phi) is 22.3. The zero-order valence-corrected chi connectivity index (χ0v) is 39.1. The fourth-order valence-electron chi connectivity index (χ4n) is 8.87. The van der Waals surface area contributed by atoms with Crippen LogP contribution in [0.25, 0.3) is 0 Å². The first kappa shape index (κ1) is 58.6. The first-order chi connectivity index (χ1) is 32.7. The average Bonchev–Trinajstić information content (AvgIpc) is 3.33. The molecule has 5 aliphatic rings. The summed E-state index contributed by atoms with van der Waals surface area (Å²) in [6.07, 6.45) is -41.1. The van der Waals surface area contributed by atoms with Crippen LogP contribution >= 0.6 is 0 Å². The van der Waals surface area contributed by atoms with Gasteiger partial charge >= 0.3 is 0 Å². The van der Waals surface area contributed by atoms with Crippen LogP contribution < -0.4 is 0 Å². The minimum absolute atomic E-state index is 0.246. The number of aliphatic hydroxyl groups is 15. The molecule has 26 atom stereocenters. The molecule has 0 aliphatic carbocycles. The predicted octanol–water partition coefficient (Wildman–Crippen LogP) is -6.90.